The van der Waals surface area contributed by atoms with Crippen molar-refractivity contribution in [2.45, 2.75) is 19.9 Å². The molecule has 5 heteroatoms. The molecule has 1 aromatic heterocycles. The van der Waals surface area contributed by atoms with Gasteiger partial charge in [-0.1, -0.05) is 6.92 Å². The lowest BCUT2D eigenvalue weighted by Gasteiger charge is -2.05. The highest BCUT2D eigenvalue weighted by atomic mass is 16.2. The third kappa shape index (κ3) is 2.32. The van der Waals surface area contributed by atoms with E-state index < -0.39 is 0 Å². The van der Waals surface area contributed by atoms with Gasteiger partial charge < -0.3 is 5.32 Å². The highest BCUT2D eigenvalue weighted by Gasteiger charge is 2.01. The molecular formula is C9H15N3O2. The first-order valence-electron chi connectivity index (χ1n) is 4.66. The number of hydrogen-bond acceptors (Lipinski definition) is 3. The van der Waals surface area contributed by atoms with Gasteiger partial charge in [-0.15, -0.1) is 0 Å². The smallest absolute Gasteiger partial charge is 0.318 e. The van der Waals surface area contributed by atoms with Crippen LogP contribution in [0.15, 0.2) is 15.8 Å². The number of nitrogens with one attached hydrogen (secondary N) is 2. The molecule has 0 unspecified atom stereocenters. The van der Waals surface area contributed by atoms with Gasteiger partial charge in [-0.05, 0) is 13.5 Å². The maximum Gasteiger partial charge on any atom is 0.328 e. The number of rotatable bonds is 4. The molecule has 1 heterocycles. The molecular weight excluding hydrogens is 182 g/mol. The first kappa shape index (κ1) is 10.7. The Hall–Kier alpha value is -1.36. The molecule has 0 aliphatic rings. The van der Waals surface area contributed by atoms with Crippen molar-refractivity contribution in [2.75, 3.05) is 13.6 Å². The third-order valence-corrected chi connectivity index (χ3v) is 2.07. The summed E-state index contributed by atoms with van der Waals surface area (Å²) in [4.78, 5) is 24.8. The highest BCUT2D eigenvalue weighted by molar-refractivity contribution is 5.03. The summed E-state index contributed by atoms with van der Waals surface area (Å²) in [7, 11) is 1.82. The third-order valence-electron chi connectivity index (χ3n) is 2.07. The molecule has 5 nitrogen and oxygen atoms in total. The van der Waals surface area contributed by atoms with Crippen molar-refractivity contribution in [3.63, 3.8) is 0 Å². The minimum absolute atomic E-state index is 0.279. The number of H-pyrrole nitrogens is 1. The quantitative estimate of drug-likeness (QED) is 0.672. The maximum absolute atomic E-state index is 11.3. The molecule has 0 fully saturated rings. The number of aromatic nitrogens is 2. The Morgan fingerprint density at radius 2 is 2.21 bits per heavy atom. The summed E-state index contributed by atoms with van der Waals surface area (Å²) in [5.74, 6) is 0. The zero-order valence-corrected chi connectivity index (χ0v) is 8.46. The van der Waals surface area contributed by atoms with Crippen LogP contribution in [0.4, 0.5) is 0 Å². The van der Waals surface area contributed by atoms with Crippen molar-refractivity contribution in [1.29, 1.82) is 0 Å². The summed E-state index contributed by atoms with van der Waals surface area (Å²) in [6.07, 6.45) is 2.26. The fraction of sp³-hybridized carbons (Fsp3) is 0.556. The molecule has 2 N–H and O–H groups in total. The summed E-state index contributed by atoms with van der Waals surface area (Å²) in [6, 6.07) is 0. The molecule has 14 heavy (non-hydrogen) atoms. The number of aromatic amines is 1. The molecule has 0 aliphatic heterocycles. The van der Waals surface area contributed by atoms with Gasteiger partial charge in [0.15, 0.2) is 0 Å². The van der Waals surface area contributed by atoms with E-state index in [1.54, 1.807) is 6.20 Å². The lowest BCUT2D eigenvalue weighted by atomic mass is 10.3. The van der Waals surface area contributed by atoms with E-state index in [1.165, 1.54) is 4.57 Å². The van der Waals surface area contributed by atoms with Crippen LogP contribution in [0, 0.1) is 0 Å². The summed E-state index contributed by atoms with van der Waals surface area (Å²) in [6.45, 7) is 3.16. The van der Waals surface area contributed by atoms with Crippen LogP contribution in [0.25, 0.3) is 0 Å². The van der Waals surface area contributed by atoms with E-state index >= 15 is 0 Å². The average Bonchev–Trinajstić information content (AvgIpc) is 2.17. The van der Waals surface area contributed by atoms with Crippen molar-refractivity contribution < 1.29 is 0 Å². The van der Waals surface area contributed by atoms with E-state index in [2.05, 4.69) is 10.3 Å². The van der Waals surface area contributed by atoms with Gasteiger partial charge in [0.2, 0.25) is 0 Å². The highest BCUT2D eigenvalue weighted by Crippen LogP contribution is 1.88. The standard InChI is InChI=1S/C9H15N3O2/c1-3-7-6-12(5-4-10-2)9(14)11-8(7)13/h6,10H,3-5H2,1-2H3,(H,11,13,14). The Bertz CT molecular complexity index is 405. The molecule has 0 amide bonds. The molecule has 0 spiro atoms. The first-order valence-corrected chi connectivity index (χ1v) is 4.66. The van der Waals surface area contributed by atoms with Crippen LogP contribution in [-0.4, -0.2) is 23.1 Å². The predicted octanol–water partition coefficient (Wildman–Crippen LogP) is -0.682. The zero-order chi connectivity index (χ0) is 10.6. The summed E-state index contributed by atoms with van der Waals surface area (Å²) >= 11 is 0. The van der Waals surface area contributed by atoms with Gasteiger partial charge in [0.1, 0.15) is 0 Å². The Morgan fingerprint density at radius 3 is 2.79 bits per heavy atom. The van der Waals surface area contributed by atoms with Crippen molar-refractivity contribution in [3.8, 4) is 0 Å². The van der Waals surface area contributed by atoms with Crippen LogP contribution in [-0.2, 0) is 13.0 Å². The second-order valence-electron chi connectivity index (χ2n) is 3.06. The monoisotopic (exact) mass is 197 g/mol. The van der Waals surface area contributed by atoms with Gasteiger partial charge in [-0.25, -0.2) is 4.79 Å². The van der Waals surface area contributed by atoms with Crippen LogP contribution in [0.1, 0.15) is 12.5 Å². The molecule has 0 saturated carbocycles. The van der Waals surface area contributed by atoms with Crippen molar-refractivity contribution >= 4 is 0 Å². The average molecular weight is 197 g/mol. The van der Waals surface area contributed by atoms with Crippen LogP contribution >= 0.6 is 0 Å². The molecule has 0 aromatic carbocycles. The van der Waals surface area contributed by atoms with E-state index in [0.29, 0.717) is 25.1 Å². The predicted molar refractivity (Wildman–Crippen MR) is 54.6 cm³/mol. The van der Waals surface area contributed by atoms with Gasteiger partial charge in [-0.3, -0.25) is 14.3 Å². The molecule has 1 aromatic rings. The fourth-order valence-electron chi connectivity index (χ4n) is 1.20. The number of nitrogens with zero attached hydrogens (tertiary/aromatic N) is 1. The molecule has 0 atom stereocenters. The number of likely N-dealkylation sites (N-methyl/N-ethyl adjacent to an activating group) is 1. The van der Waals surface area contributed by atoms with E-state index in [4.69, 9.17) is 0 Å². The minimum Gasteiger partial charge on any atom is -0.318 e. The molecule has 78 valence electrons. The van der Waals surface area contributed by atoms with Gasteiger partial charge in [0.25, 0.3) is 5.56 Å². The Balaban J connectivity index is 3.05. The number of hydrogen-bond donors (Lipinski definition) is 2. The lowest BCUT2D eigenvalue weighted by molar-refractivity contribution is 0.604. The van der Waals surface area contributed by atoms with Gasteiger partial charge in [-0.2, -0.15) is 0 Å². The largest absolute Gasteiger partial charge is 0.328 e. The molecule has 0 saturated heterocycles. The summed E-state index contributed by atoms with van der Waals surface area (Å²) < 4.78 is 1.51. The van der Waals surface area contributed by atoms with Crippen molar-refractivity contribution in [1.82, 2.24) is 14.9 Å². The second-order valence-corrected chi connectivity index (χ2v) is 3.06. The summed E-state index contributed by atoms with van der Waals surface area (Å²) in [5.41, 5.74) is 0.0151. The minimum atomic E-state index is -0.345. The van der Waals surface area contributed by atoms with Crippen LogP contribution < -0.4 is 16.6 Å². The van der Waals surface area contributed by atoms with Gasteiger partial charge in [0.05, 0.1) is 0 Å². The lowest BCUT2D eigenvalue weighted by Crippen LogP contribution is -2.33. The first-order chi connectivity index (χ1) is 6.69. The molecule has 0 bridgehead atoms. The van der Waals surface area contributed by atoms with E-state index in [-0.39, 0.29) is 11.2 Å². The second kappa shape index (κ2) is 4.76. The normalized spacial score (nSPS) is 10.4. The van der Waals surface area contributed by atoms with Crippen LogP contribution in [0.5, 0.6) is 0 Å². The molecule has 0 aliphatic carbocycles. The number of aryl methyl sites for hydroxylation is 1. The van der Waals surface area contributed by atoms with Crippen molar-refractivity contribution in [3.05, 3.63) is 32.6 Å². The van der Waals surface area contributed by atoms with Gasteiger partial charge in [0, 0.05) is 24.8 Å². The Kier molecular flexibility index (Phi) is 3.64. The van der Waals surface area contributed by atoms with Gasteiger partial charge >= 0.3 is 5.69 Å². The molecule has 1 rings (SSSR count). The van der Waals surface area contributed by atoms with E-state index in [0.717, 1.165) is 0 Å². The zero-order valence-electron chi connectivity index (χ0n) is 8.46. The van der Waals surface area contributed by atoms with Crippen LogP contribution in [0.2, 0.25) is 0 Å². The molecule has 0 radical (unpaired) electrons. The Labute approximate surface area is 81.8 Å². The van der Waals surface area contributed by atoms with Crippen molar-refractivity contribution in [2.24, 2.45) is 0 Å². The van der Waals surface area contributed by atoms with E-state index in [1.807, 2.05) is 14.0 Å². The summed E-state index contributed by atoms with van der Waals surface area (Å²) in [5, 5.41) is 2.94. The topological polar surface area (TPSA) is 66.9 Å². The van der Waals surface area contributed by atoms with E-state index in [9.17, 15) is 9.59 Å². The van der Waals surface area contributed by atoms with Crippen LogP contribution in [0.3, 0.4) is 0 Å². The fourth-order valence-corrected chi connectivity index (χ4v) is 1.20. The Morgan fingerprint density at radius 1 is 1.50 bits per heavy atom. The maximum atomic E-state index is 11.3. The SMILES string of the molecule is CCc1cn(CCNC)c(=O)[nH]c1=O.